The van der Waals surface area contributed by atoms with Gasteiger partial charge in [0.2, 0.25) is 5.91 Å². The maximum absolute atomic E-state index is 12.9. The molecular weight excluding hydrogens is 625 g/mol. The number of aromatic carboxylic acids is 1. The van der Waals surface area contributed by atoms with E-state index < -0.39 is 36.3 Å². The summed E-state index contributed by atoms with van der Waals surface area (Å²) in [5.74, 6) is -3.05. The van der Waals surface area contributed by atoms with Gasteiger partial charge in [-0.3, -0.25) is 9.59 Å². The van der Waals surface area contributed by atoms with Crippen LogP contribution in [0.4, 0.5) is 13.2 Å². The highest BCUT2D eigenvalue weighted by molar-refractivity contribution is 7.99. The Hall–Kier alpha value is -3.91. The van der Waals surface area contributed by atoms with Gasteiger partial charge in [0.15, 0.2) is 6.29 Å². The van der Waals surface area contributed by atoms with Crippen LogP contribution in [0, 0.1) is 0 Å². The number of carbonyl (C=O) groups is 3. The van der Waals surface area contributed by atoms with Gasteiger partial charge < -0.3 is 29.9 Å². The molecule has 0 saturated carbocycles. The summed E-state index contributed by atoms with van der Waals surface area (Å²) >= 11 is 1.54. The topological polar surface area (TPSA) is 125 Å². The first kappa shape index (κ1) is 33.5. The average molecular weight is 659 g/mol. The number of hydrogen-bond acceptors (Lipinski definition) is 7. The number of nitrogens with one attached hydrogen (secondary N) is 1. The number of aliphatic hydroxyl groups excluding tert-OH is 1. The molecule has 4 unspecified atom stereocenters. The number of likely N-dealkylation sites (tertiary alicyclic amines) is 1. The van der Waals surface area contributed by atoms with Gasteiger partial charge in [0.1, 0.15) is 6.04 Å². The van der Waals surface area contributed by atoms with Gasteiger partial charge in [-0.15, -0.1) is 11.8 Å². The minimum atomic E-state index is -5.03. The molecule has 0 aliphatic carbocycles. The minimum Gasteiger partial charge on any atom is -0.478 e. The van der Waals surface area contributed by atoms with E-state index in [0.717, 1.165) is 21.6 Å². The summed E-state index contributed by atoms with van der Waals surface area (Å²) in [7, 11) is 0. The Morgan fingerprint density at radius 2 is 1.57 bits per heavy atom. The van der Waals surface area contributed by atoms with Gasteiger partial charge >= 0.3 is 18.1 Å². The number of aliphatic hydroxyl groups is 1. The van der Waals surface area contributed by atoms with Crippen molar-refractivity contribution in [3.05, 3.63) is 101 Å². The van der Waals surface area contributed by atoms with Gasteiger partial charge in [-0.2, -0.15) is 13.2 Å². The van der Waals surface area contributed by atoms with Gasteiger partial charge in [0, 0.05) is 35.7 Å². The summed E-state index contributed by atoms with van der Waals surface area (Å²) in [6.07, 6.45) is -5.24. The number of amides is 2. The van der Waals surface area contributed by atoms with Crippen LogP contribution in [-0.4, -0.2) is 63.5 Å². The smallest absolute Gasteiger partial charge is 0.471 e. The molecule has 2 amide bonds. The third-order valence-electron chi connectivity index (χ3n) is 7.93. The van der Waals surface area contributed by atoms with Gasteiger partial charge in [-0.05, 0) is 53.8 Å². The zero-order chi connectivity index (χ0) is 32.8. The highest BCUT2D eigenvalue weighted by atomic mass is 32.2. The molecule has 3 aromatic carbocycles. The first-order chi connectivity index (χ1) is 22.0. The van der Waals surface area contributed by atoms with E-state index in [4.69, 9.17) is 14.6 Å². The van der Waals surface area contributed by atoms with Crippen molar-refractivity contribution in [2.45, 2.75) is 68.0 Å². The van der Waals surface area contributed by atoms with Gasteiger partial charge in [0.05, 0.1) is 24.4 Å². The van der Waals surface area contributed by atoms with Gasteiger partial charge in [-0.1, -0.05) is 48.5 Å². The molecule has 4 atom stereocenters. The second kappa shape index (κ2) is 14.7. The summed E-state index contributed by atoms with van der Waals surface area (Å²) in [6, 6.07) is 20.1. The SMILES string of the molecule is O=C(O)c1ccc(SCC2CC(c3ccc(CO)cc3)OC(c3ccc(CNC(=O)C4CCCN4C(=O)C(F)(F)F)cc3)O2)cc1. The fraction of sp³-hybridized carbons (Fsp3) is 0.364. The van der Waals surface area contributed by atoms with Gasteiger partial charge in [-0.25, -0.2) is 4.79 Å². The molecule has 46 heavy (non-hydrogen) atoms. The van der Waals surface area contributed by atoms with E-state index in [9.17, 15) is 32.7 Å². The van der Waals surface area contributed by atoms with E-state index in [0.29, 0.717) is 29.1 Å². The van der Waals surface area contributed by atoms with E-state index in [2.05, 4.69) is 5.32 Å². The normalized spacial score (nSPS) is 21.6. The van der Waals surface area contributed by atoms with E-state index in [-0.39, 0.29) is 43.9 Å². The average Bonchev–Trinajstić information content (AvgIpc) is 3.56. The molecule has 0 aromatic heterocycles. The standard InChI is InChI=1S/C33H33F3N2O7S/c34-33(35,36)32(43)38-15-1-2-27(38)29(40)37-17-20-3-9-24(10-4-20)31-44-25(19-46-26-13-11-23(12-14-26)30(41)42)16-28(45-31)22-7-5-21(18-39)6-8-22/h3-14,25,27-28,31,39H,1-2,15-19H2,(H,37,40)(H,41,42). The van der Waals surface area contributed by atoms with Crippen molar-refractivity contribution in [2.24, 2.45) is 0 Å². The molecule has 2 fully saturated rings. The Labute approximate surface area is 267 Å². The third-order valence-corrected chi connectivity index (χ3v) is 9.07. The molecule has 0 radical (unpaired) electrons. The molecule has 2 heterocycles. The molecule has 0 bridgehead atoms. The van der Waals surface area contributed by atoms with Crippen LogP contribution < -0.4 is 5.32 Å². The molecule has 3 N–H and O–H groups in total. The van der Waals surface area contributed by atoms with Crippen LogP contribution in [-0.2, 0) is 32.2 Å². The molecule has 244 valence electrons. The third kappa shape index (κ3) is 8.27. The summed E-state index contributed by atoms with van der Waals surface area (Å²) in [6.45, 7) is -0.125. The van der Waals surface area contributed by atoms with Crippen LogP contribution in [0.15, 0.2) is 77.7 Å². The van der Waals surface area contributed by atoms with Crippen molar-refractivity contribution < 1.29 is 47.2 Å². The number of ether oxygens (including phenoxy) is 2. The monoisotopic (exact) mass is 658 g/mol. The van der Waals surface area contributed by atoms with Gasteiger partial charge in [0.25, 0.3) is 0 Å². The number of carbonyl (C=O) groups excluding carboxylic acids is 2. The number of thioether (sulfide) groups is 1. The van der Waals surface area contributed by atoms with Crippen molar-refractivity contribution in [2.75, 3.05) is 12.3 Å². The molecule has 9 nitrogen and oxygen atoms in total. The molecule has 5 rings (SSSR count). The first-order valence-corrected chi connectivity index (χ1v) is 15.7. The quantitative estimate of drug-likeness (QED) is 0.248. The van der Waals surface area contributed by atoms with Crippen molar-refractivity contribution in [1.82, 2.24) is 10.2 Å². The number of rotatable bonds is 10. The van der Waals surface area contributed by atoms with Crippen LogP contribution in [0.5, 0.6) is 0 Å². The highest BCUT2D eigenvalue weighted by Crippen LogP contribution is 2.39. The highest BCUT2D eigenvalue weighted by Gasteiger charge is 2.47. The van der Waals surface area contributed by atoms with Crippen molar-refractivity contribution in [3.63, 3.8) is 0 Å². The number of carboxylic acid groups (broad SMARTS) is 1. The number of halogens is 3. The number of nitrogens with zero attached hydrogens (tertiary/aromatic N) is 1. The predicted octanol–water partition coefficient (Wildman–Crippen LogP) is 5.38. The summed E-state index contributed by atoms with van der Waals surface area (Å²) in [5, 5.41) is 21.3. The number of alkyl halides is 3. The van der Waals surface area contributed by atoms with Crippen molar-refractivity contribution >= 4 is 29.5 Å². The van der Waals surface area contributed by atoms with E-state index in [1.165, 1.54) is 11.8 Å². The molecule has 3 aromatic rings. The fourth-order valence-electron chi connectivity index (χ4n) is 5.45. The van der Waals surface area contributed by atoms with Crippen LogP contribution in [0.1, 0.15) is 64.3 Å². The summed E-state index contributed by atoms with van der Waals surface area (Å²) in [4.78, 5) is 37.1. The Morgan fingerprint density at radius 3 is 2.20 bits per heavy atom. The Bertz CT molecular complexity index is 1520. The second-order valence-corrected chi connectivity index (χ2v) is 12.2. The molecular formula is C33H33F3N2O7S. The summed E-state index contributed by atoms with van der Waals surface area (Å²) < 4.78 is 51.5. The first-order valence-electron chi connectivity index (χ1n) is 14.7. The van der Waals surface area contributed by atoms with Crippen LogP contribution >= 0.6 is 11.8 Å². The minimum absolute atomic E-state index is 0.0653. The Kier molecular flexibility index (Phi) is 10.7. The Balaban J connectivity index is 1.24. The lowest BCUT2D eigenvalue weighted by Gasteiger charge is -2.36. The lowest BCUT2D eigenvalue weighted by molar-refractivity contribution is -0.245. The van der Waals surface area contributed by atoms with Crippen LogP contribution in [0.3, 0.4) is 0 Å². The molecule has 2 aliphatic heterocycles. The lowest BCUT2D eigenvalue weighted by Crippen LogP contribution is -2.50. The number of benzene rings is 3. The maximum atomic E-state index is 12.9. The van der Waals surface area contributed by atoms with E-state index in [1.54, 1.807) is 48.5 Å². The van der Waals surface area contributed by atoms with Crippen molar-refractivity contribution in [3.8, 4) is 0 Å². The molecule has 13 heteroatoms. The zero-order valence-corrected chi connectivity index (χ0v) is 25.4. The maximum Gasteiger partial charge on any atom is 0.471 e. The van der Waals surface area contributed by atoms with Crippen LogP contribution in [0.2, 0.25) is 0 Å². The Morgan fingerprint density at radius 1 is 0.913 bits per heavy atom. The fourth-order valence-corrected chi connectivity index (χ4v) is 6.37. The van der Waals surface area contributed by atoms with E-state index >= 15 is 0 Å². The molecule has 2 saturated heterocycles. The van der Waals surface area contributed by atoms with Crippen LogP contribution in [0.25, 0.3) is 0 Å². The second-order valence-electron chi connectivity index (χ2n) is 11.1. The lowest BCUT2D eigenvalue weighted by atomic mass is 10.0. The number of carboxylic acids is 1. The molecule has 2 aliphatic rings. The zero-order valence-electron chi connectivity index (χ0n) is 24.6. The summed E-state index contributed by atoms with van der Waals surface area (Å²) in [5.41, 5.74) is 3.34. The largest absolute Gasteiger partial charge is 0.478 e. The number of hydrogen-bond donors (Lipinski definition) is 3. The van der Waals surface area contributed by atoms with E-state index in [1.807, 2.05) is 24.3 Å². The van der Waals surface area contributed by atoms with Crippen molar-refractivity contribution in [1.29, 1.82) is 0 Å². The molecule has 0 spiro atoms. The predicted molar refractivity (Wildman–Crippen MR) is 162 cm³/mol.